The first-order valence-electron chi connectivity index (χ1n) is 3.55. The highest BCUT2D eigenvalue weighted by atomic mass is 35.5. The van der Waals surface area contributed by atoms with Crippen LogP contribution in [0.15, 0.2) is 0 Å². The van der Waals surface area contributed by atoms with Gasteiger partial charge in [-0.1, -0.05) is 12.6 Å². The molecule has 1 rings (SSSR count). The maximum atomic E-state index is 6.06. The molecule has 0 radical (unpaired) electrons. The summed E-state index contributed by atoms with van der Waals surface area (Å²) in [5.74, 6) is 0. The van der Waals surface area contributed by atoms with E-state index in [4.69, 9.17) is 34.8 Å². The number of rotatable bonds is 0. The van der Waals surface area contributed by atoms with Crippen molar-refractivity contribution in [2.24, 2.45) is 0 Å². The quantitative estimate of drug-likeness (QED) is 0.432. The summed E-state index contributed by atoms with van der Waals surface area (Å²) in [6.07, 6.45) is 1.06. The van der Waals surface area contributed by atoms with E-state index in [1.807, 2.05) is 0 Å². The molecule has 1 aliphatic rings. The van der Waals surface area contributed by atoms with Crippen molar-refractivity contribution in [1.29, 1.82) is 0 Å². The number of alkyl halides is 3. The van der Waals surface area contributed by atoms with Crippen LogP contribution in [-0.2, 0) is 0 Å². The van der Waals surface area contributed by atoms with E-state index < -0.39 is 8.80 Å². The molecule has 4 unspecified atom stereocenters. The molecular formula is C6H11Cl3Si. The van der Waals surface area contributed by atoms with Crippen LogP contribution < -0.4 is 0 Å². The van der Waals surface area contributed by atoms with Crippen molar-refractivity contribution in [2.75, 3.05) is 0 Å². The number of hydrogen-bond acceptors (Lipinski definition) is 0. The van der Waals surface area contributed by atoms with Crippen molar-refractivity contribution in [3.8, 4) is 0 Å². The first-order chi connectivity index (χ1) is 4.63. The Bertz CT molecular complexity index is 106. The Hall–Kier alpha value is 1.09. The molecule has 0 bridgehead atoms. The lowest BCUT2D eigenvalue weighted by atomic mass is 10.2. The van der Waals surface area contributed by atoms with E-state index in [1.165, 1.54) is 6.04 Å². The summed E-state index contributed by atoms with van der Waals surface area (Å²) in [7, 11) is -0.736. The average molecular weight is 218 g/mol. The van der Waals surface area contributed by atoms with Crippen molar-refractivity contribution >= 4 is 43.6 Å². The van der Waals surface area contributed by atoms with Crippen LogP contribution in [0.25, 0.3) is 0 Å². The fourth-order valence-electron chi connectivity index (χ4n) is 1.25. The molecule has 4 heteroatoms. The van der Waals surface area contributed by atoms with E-state index >= 15 is 0 Å². The van der Waals surface area contributed by atoms with Gasteiger partial charge >= 0.3 is 0 Å². The van der Waals surface area contributed by atoms with Crippen molar-refractivity contribution < 1.29 is 0 Å². The predicted molar refractivity (Wildman–Crippen MR) is 51.4 cm³/mol. The lowest BCUT2D eigenvalue weighted by Gasteiger charge is -2.30. The highest BCUT2D eigenvalue weighted by molar-refractivity contribution is 6.70. The van der Waals surface area contributed by atoms with Crippen LogP contribution in [0, 0.1) is 0 Å². The second kappa shape index (κ2) is 3.66. The van der Waals surface area contributed by atoms with Gasteiger partial charge in [-0.3, -0.25) is 0 Å². The van der Waals surface area contributed by atoms with Crippen molar-refractivity contribution in [1.82, 2.24) is 0 Å². The summed E-state index contributed by atoms with van der Waals surface area (Å²) in [5.41, 5.74) is 0. The molecule has 0 aromatic heterocycles. The third kappa shape index (κ3) is 1.82. The Morgan fingerprint density at radius 2 is 1.90 bits per heavy atom. The van der Waals surface area contributed by atoms with Gasteiger partial charge in [0.25, 0.3) is 0 Å². The molecular weight excluding hydrogens is 207 g/mol. The molecule has 0 saturated carbocycles. The van der Waals surface area contributed by atoms with Gasteiger partial charge in [0.05, 0.1) is 19.6 Å². The topological polar surface area (TPSA) is 0 Å². The molecule has 0 spiro atoms. The number of hydrogen-bond donors (Lipinski definition) is 0. The fraction of sp³-hybridized carbons (Fsp3) is 1.00. The van der Waals surface area contributed by atoms with Gasteiger partial charge in [-0.15, -0.1) is 34.8 Å². The third-order valence-electron chi connectivity index (χ3n) is 2.09. The highest BCUT2D eigenvalue weighted by Crippen LogP contribution is 2.31. The Kier molecular flexibility index (Phi) is 3.36. The van der Waals surface area contributed by atoms with Crippen LogP contribution in [0.5, 0.6) is 0 Å². The molecule has 0 nitrogen and oxygen atoms in total. The summed E-state index contributed by atoms with van der Waals surface area (Å²) < 4.78 is 0. The van der Waals surface area contributed by atoms with Gasteiger partial charge in [-0.2, -0.15) is 0 Å². The largest absolute Gasteiger partial charge is 0.125 e. The summed E-state index contributed by atoms with van der Waals surface area (Å²) >= 11 is 18.0. The lowest BCUT2D eigenvalue weighted by Crippen LogP contribution is -2.41. The van der Waals surface area contributed by atoms with Crippen LogP contribution in [0.3, 0.4) is 0 Å². The van der Waals surface area contributed by atoms with Gasteiger partial charge < -0.3 is 0 Å². The molecule has 4 atom stereocenters. The van der Waals surface area contributed by atoms with Gasteiger partial charge in [0.2, 0.25) is 0 Å². The van der Waals surface area contributed by atoms with E-state index in [0.29, 0.717) is 0 Å². The summed E-state index contributed by atoms with van der Waals surface area (Å²) in [6.45, 7) is 2.26. The molecule has 10 heavy (non-hydrogen) atoms. The summed E-state index contributed by atoms with van der Waals surface area (Å²) in [4.78, 5) is 0. The highest BCUT2D eigenvalue weighted by Gasteiger charge is 2.34. The van der Waals surface area contributed by atoms with Crippen LogP contribution in [0.4, 0.5) is 0 Å². The van der Waals surface area contributed by atoms with Gasteiger partial charge in [0, 0.05) is 5.00 Å². The van der Waals surface area contributed by atoms with Crippen LogP contribution in [-0.4, -0.2) is 24.6 Å². The molecule has 0 aromatic rings. The molecule has 0 aliphatic carbocycles. The monoisotopic (exact) mass is 216 g/mol. The second-order valence-electron chi connectivity index (χ2n) is 2.96. The van der Waals surface area contributed by atoms with Gasteiger partial charge in [-0.05, 0) is 6.42 Å². The Morgan fingerprint density at radius 3 is 2.40 bits per heavy atom. The average Bonchev–Trinajstić information content (AvgIpc) is 1.93. The van der Waals surface area contributed by atoms with E-state index in [0.717, 1.165) is 6.42 Å². The third-order valence-corrected chi connectivity index (χ3v) is 7.97. The van der Waals surface area contributed by atoms with Crippen LogP contribution in [0.2, 0.25) is 12.6 Å². The van der Waals surface area contributed by atoms with Gasteiger partial charge in [0.1, 0.15) is 0 Å². The minimum Gasteiger partial charge on any atom is -0.125 e. The zero-order valence-corrected chi connectivity index (χ0v) is 9.28. The van der Waals surface area contributed by atoms with Crippen molar-refractivity contribution in [2.45, 2.75) is 34.8 Å². The Morgan fingerprint density at radius 1 is 1.30 bits per heavy atom. The first kappa shape index (κ1) is 9.18. The minimum atomic E-state index is -0.736. The van der Waals surface area contributed by atoms with Gasteiger partial charge in [0.15, 0.2) is 0 Å². The smallest absolute Gasteiger partial charge is 0.0633 e. The molecule has 0 aromatic carbocycles. The van der Waals surface area contributed by atoms with Crippen molar-refractivity contribution in [3.05, 3.63) is 0 Å². The minimum absolute atomic E-state index is 0.0127. The zero-order valence-electron chi connectivity index (χ0n) is 5.86. The van der Waals surface area contributed by atoms with Gasteiger partial charge in [-0.25, -0.2) is 0 Å². The lowest BCUT2D eigenvalue weighted by molar-refractivity contribution is 0.725. The number of halogens is 3. The first-order valence-corrected chi connectivity index (χ1v) is 7.50. The molecule has 60 valence electrons. The molecule has 0 amide bonds. The SMILES string of the molecule is C[SiH]1CCC(Cl)C(Cl)C1Cl. The summed E-state index contributed by atoms with van der Waals surface area (Å²) in [6, 6.07) is 1.24. The van der Waals surface area contributed by atoms with Crippen LogP contribution >= 0.6 is 34.8 Å². The van der Waals surface area contributed by atoms with E-state index in [2.05, 4.69) is 6.55 Å². The van der Waals surface area contributed by atoms with Crippen molar-refractivity contribution in [3.63, 3.8) is 0 Å². The molecule has 1 heterocycles. The molecule has 0 N–H and O–H groups in total. The van der Waals surface area contributed by atoms with Crippen LogP contribution in [0.1, 0.15) is 6.42 Å². The molecule has 1 fully saturated rings. The molecule has 1 saturated heterocycles. The van der Waals surface area contributed by atoms with E-state index in [9.17, 15) is 0 Å². The Labute approximate surface area is 78.4 Å². The summed E-state index contributed by atoms with van der Waals surface area (Å²) in [5, 5.41) is 0.310. The predicted octanol–water partition coefficient (Wildman–Crippen LogP) is 2.61. The van der Waals surface area contributed by atoms with E-state index in [-0.39, 0.29) is 15.8 Å². The zero-order chi connectivity index (χ0) is 7.72. The standard InChI is InChI=1S/C6H11Cl3Si/c1-10-3-2-4(7)5(8)6(10)9/h4-6,10H,2-3H2,1H3. The van der Waals surface area contributed by atoms with E-state index in [1.54, 1.807) is 0 Å². The Balaban J connectivity index is 2.52. The fourth-order valence-corrected chi connectivity index (χ4v) is 5.49. The normalized spacial score (nSPS) is 49.2. The maximum Gasteiger partial charge on any atom is 0.0633 e. The molecule has 1 aliphatic heterocycles. The second-order valence-corrected chi connectivity index (χ2v) is 8.20. The maximum absolute atomic E-state index is 6.06.